The van der Waals surface area contributed by atoms with Crippen LogP contribution in [0.25, 0.3) is 0 Å². The minimum atomic E-state index is -0.928. The predicted octanol–water partition coefficient (Wildman–Crippen LogP) is 3.03. The number of nitrogens with zero attached hydrogens (tertiary/aromatic N) is 1. The number of hydrogen-bond acceptors (Lipinski definition) is 5. The maximum atomic E-state index is 12.9. The topological polar surface area (TPSA) is 80.0 Å². The second-order valence-electron chi connectivity index (χ2n) is 5.83. The van der Waals surface area contributed by atoms with Gasteiger partial charge in [-0.05, 0) is 36.4 Å². The van der Waals surface area contributed by atoms with Gasteiger partial charge in [0.25, 0.3) is 5.91 Å². The lowest BCUT2D eigenvalue weighted by molar-refractivity contribution is -0.138. The highest BCUT2D eigenvalue weighted by Crippen LogP contribution is 2.23. The van der Waals surface area contributed by atoms with E-state index < -0.39 is 5.97 Å². The van der Waals surface area contributed by atoms with Gasteiger partial charge in [-0.1, -0.05) is 0 Å². The molecule has 138 valence electrons. The number of carbonyl (C=O) groups excluding carboxylic acids is 1. The van der Waals surface area contributed by atoms with Crippen LogP contribution in [0, 0.1) is 5.82 Å². The normalized spacial score (nSPS) is 17.1. The SMILES string of the molecule is O=C(O)CC1CSCCN1C(=O)c1ccc(COc2ccc(F)cc2)o1. The average Bonchev–Trinajstić information content (AvgIpc) is 3.10. The van der Waals surface area contributed by atoms with Crippen molar-refractivity contribution in [1.29, 1.82) is 0 Å². The summed E-state index contributed by atoms with van der Waals surface area (Å²) in [6, 6.07) is 8.46. The molecule has 0 aliphatic carbocycles. The van der Waals surface area contributed by atoms with Gasteiger partial charge in [0.2, 0.25) is 0 Å². The van der Waals surface area contributed by atoms with Gasteiger partial charge in [-0.25, -0.2) is 4.39 Å². The summed E-state index contributed by atoms with van der Waals surface area (Å²) >= 11 is 1.64. The van der Waals surface area contributed by atoms with Crippen LogP contribution in [-0.4, -0.2) is 46.0 Å². The first kappa shape index (κ1) is 18.3. The van der Waals surface area contributed by atoms with Gasteiger partial charge in [-0.2, -0.15) is 11.8 Å². The lowest BCUT2D eigenvalue weighted by atomic mass is 10.2. The van der Waals surface area contributed by atoms with Crippen LogP contribution in [-0.2, 0) is 11.4 Å². The highest BCUT2D eigenvalue weighted by atomic mass is 32.2. The maximum absolute atomic E-state index is 12.9. The van der Waals surface area contributed by atoms with E-state index in [1.54, 1.807) is 28.8 Å². The van der Waals surface area contributed by atoms with E-state index in [1.807, 2.05) is 0 Å². The van der Waals surface area contributed by atoms with E-state index in [0.717, 1.165) is 5.75 Å². The fraction of sp³-hybridized carbons (Fsp3) is 0.333. The van der Waals surface area contributed by atoms with E-state index in [2.05, 4.69) is 0 Å². The molecule has 26 heavy (non-hydrogen) atoms. The molecule has 1 aromatic heterocycles. The first-order chi connectivity index (χ1) is 12.5. The van der Waals surface area contributed by atoms with E-state index in [9.17, 15) is 14.0 Å². The molecule has 1 fully saturated rings. The van der Waals surface area contributed by atoms with Crippen molar-refractivity contribution in [2.24, 2.45) is 0 Å². The Hall–Kier alpha value is -2.48. The Morgan fingerprint density at radius 1 is 1.27 bits per heavy atom. The summed E-state index contributed by atoms with van der Waals surface area (Å²) in [4.78, 5) is 25.2. The molecular weight excluding hydrogens is 361 g/mol. The number of carboxylic acids is 1. The Labute approximate surface area is 153 Å². The Balaban J connectivity index is 1.63. The number of carbonyl (C=O) groups is 2. The van der Waals surface area contributed by atoms with E-state index in [4.69, 9.17) is 14.3 Å². The molecule has 1 aromatic carbocycles. The zero-order chi connectivity index (χ0) is 18.5. The summed E-state index contributed by atoms with van der Waals surface area (Å²) in [6.07, 6.45) is -0.0833. The quantitative estimate of drug-likeness (QED) is 0.831. The Bertz CT molecular complexity index is 776. The van der Waals surface area contributed by atoms with Crippen LogP contribution in [0.5, 0.6) is 5.75 Å². The van der Waals surface area contributed by atoms with Crippen LogP contribution >= 0.6 is 11.8 Å². The van der Waals surface area contributed by atoms with Crippen molar-refractivity contribution in [2.75, 3.05) is 18.1 Å². The highest BCUT2D eigenvalue weighted by molar-refractivity contribution is 7.99. The summed E-state index contributed by atoms with van der Waals surface area (Å²) in [6.45, 7) is 0.594. The third-order valence-electron chi connectivity index (χ3n) is 3.97. The molecule has 0 saturated carbocycles. The van der Waals surface area contributed by atoms with Gasteiger partial charge in [0, 0.05) is 18.1 Å². The molecule has 2 aromatic rings. The van der Waals surface area contributed by atoms with Crippen molar-refractivity contribution in [3.8, 4) is 5.75 Å². The van der Waals surface area contributed by atoms with Crippen LogP contribution < -0.4 is 4.74 Å². The smallest absolute Gasteiger partial charge is 0.305 e. The van der Waals surface area contributed by atoms with Crippen LogP contribution in [0.1, 0.15) is 22.7 Å². The van der Waals surface area contributed by atoms with Gasteiger partial charge in [0.15, 0.2) is 5.76 Å². The van der Waals surface area contributed by atoms with E-state index >= 15 is 0 Å². The molecule has 1 atom stereocenters. The molecule has 1 unspecified atom stereocenters. The molecule has 0 spiro atoms. The lowest BCUT2D eigenvalue weighted by Crippen LogP contribution is -2.47. The number of furan rings is 1. The molecule has 1 N–H and O–H groups in total. The maximum Gasteiger partial charge on any atom is 0.305 e. The number of carboxylic acid groups (broad SMARTS) is 1. The fourth-order valence-corrected chi connectivity index (χ4v) is 3.75. The van der Waals surface area contributed by atoms with Gasteiger partial charge in [0.05, 0.1) is 12.5 Å². The molecule has 2 heterocycles. The summed E-state index contributed by atoms with van der Waals surface area (Å²) in [5, 5.41) is 9.02. The number of amides is 1. The average molecular weight is 379 g/mol. The van der Waals surface area contributed by atoms with Crippen LogP contribution in [0.2, 0.25) is 0 Å². The minimum absolute atomic E-state index is 0.0833. The molecule has 1 saturated heterocycles. The number of rotatable bonds is 6. The summed E-state index contributed by atoms with van der Waals surface area (Å²) in [5.74, 6) is 0.878. The van der Waals surface area contributed by atoms with Crippen molar-refractivity contribution in [3.63, 3.8) is 0 Å². The first-order valence-electron chi connectivity index (χ1n) is 8.10. The molecule has 3 rings (SSSR count). The fourth-order valence-electron chi connectivity index (χ4n) is 2.69. The predicted molar refractivity (Wildman–Crippen MR) is 93.8 cm³/mol. The second-order valence-corrected chi connectivity index (χ2v) is 6.98. The van der Waals surface area contributed by atoms with Gasteiger partial charge >= 0.3 is 5.97 Å². The molecule has 8 heteroatoms. The summed E-state index contributed by atoms with van der Waals surface area (Å²) in [5.41, 5.74) is 0. The van der Waals surface area contributed by atoms with E-state index in [0.29, 0.717) is 23.8 Å². The number of thioether (sulfide) groups is 1. The van der Waals surface area contributed by atoms with Crippen molar-refractivity contribution in [1.82, 2.24) is 4.90 Å². The van der Waals surface area contributed by atoms with Crippen molar-refractivity contribution in [3.05, 3.63) is 53.7 Å². The second kappa shape index (κ2) is 8.27. The number of benzene rings is 1. The first-order valence-corrected chi connectivity index (χ1v) is 9.26. The summed E-state index contributed by atoms with van der Waals surface area (Å²) < 4.78 is 23.9. The minimum Gasteiger partial charge on any atom is -0.486 e. The van der Waals surface area contributed by atoms with Gasteiger partial charge < -0.3 is 19.2 Å². The molecule has 0 bridgehead atoms. The van der Waals surface area contributed by atoms with Crippen molar-refractivity contribution in [2.45, 2.75) is 19.1 Å². The monoisotopic (exact) mass is 379 g/mol. The summed E-state index contributed by atoms with van der Waals surface area (Å²) in [7, 11) is 0. The van der Waals surface area contributed by atoms with Crippen LogP contribution in [0.15, 0.2) is 40.8 Å². The molecule has 1 amide bonds. The Kier molecular flexibility index (Phi) is 5.82. The van der Waals surface area contributed by atoms with Crippen molar-refractivity contribution >= 4 is 23.6 Å². The largest absolute Gasteiger partial charge is 0.486 e. The molecule has 1 aliphatic rings. The zero-order valence-corrected chi connectivity index (χ0v) is 14.7. The number of halogens is 1. The third kappa shape index (κ3) is 4.57. The molecule has 1 aliphatic heterocycles. The standard InChI is InChI=1S/C18H18FNO5S/c19-12-1-3-14(4-2-12)24-10-15-5-6-16(25-15)18(23)20-7-8-26-11-13(20)9-17(21)22/h1-6,13H,7-11H2,(H,21,22). The molecular formula is C18H18FNO5S. The van der Waals surface area contributed by atoms with Gasteiger partial charge in [-0.15, -0.1) is 0 Å². The number of ether oxygens (including phenoxy) is 1. The van der Waals surface area contributed by atoms with Crippen LogP contribution in [0.4, 0.5) is 4.39 Å². The lowest BCUT2D eigenvalue weighted by Gasteiger charge is -2.33. The van der Waals surface area contributed by atoms with Crippen LogP contribution in [0.3, 0.4) is 0 Å². The zero-order valence-electron chi connectivity index (χ0n) is 13.9. The van der Waals surface area contributed by atoms with Gasteiger partial charge in [-0.3, -0.25) is 9.59 Å². The van der Waals surface area contributed by atoms with E-state index in [1.165, 1.54) is 24.3 Å². The van der Waals surface area contributed by atoms with E-state index in [-0.39, 0.29) is 36.6 Å². The Morgan fingerprint density at radius 2 is 2.04 bits per heavy atom. The Morgan fingerprint density at radius 3 is 2.77 bits per heavy atom. The highest BCUT2D eigenvalue weighted by Gasteiger charge is 2.31. The van der Waals surface area contributed by atoms with Gasteiger partial charge in [0.1, 0.15) is 23.9 Å². The number of aliphatic carboxylic acids is 1. The third-order valence-corrected chi connectivity index (χ3v) is 5.06. The molecule has 0 radical (unpaired) electrons. The number of hydrogen-bond donors (Lipinski definition) is 1. The van der Waals surface area contributed by atoms with Crippen molar-refractivity contribution < 1.29 is 28.2 Å². The molecule has 6 nitrogen and oxygen atoms in total.